The molecule has 1 aliphatic heterocycles. The molecule has 2 aliphatic rings. The minimum absolute atomic E-state index is 0.180. The second-order valence-corrected chi connectivity index (χ2v) is 11.0. The molecule has 174 valence electrons. The maximum Gasteiger partial charge on any atom is 0.345 e. The van der Waals surface area contributed by atoms with E-state index in [0.29, 0.717) is 38.7 Å². The van der Waals surface area contributed by atoms with E-state index in [1.807, 2.05) is 18.2 Å². The summed E-state index contributed by atoms with van der Waals surface area (Å²) in [5, 5.41) is 10.00. The summed E-state index contributed by atoms with van der Waals surface area (Å²) in [7, 11) is -4.20. The summed E-state index contributed by atoms with van der Waals surface area (Å²) in [6.07, 6.45) is 9.97. The molecule has 0 unspecified atom stereocenters. The van der Waals surface area contributed by atoms with Gasteiger partial charge in [-0.2, -0.15) is 8.42 Å². The van der Waals surface area contributed by atoms with Crippen LogP contribution in [0.25, 0.3) is 10.9 Å². The molecule has 0 amide bonds. The van der Waals surface area contributed by atoms with Gasteiger partial charge in [0, 0.05) is 27.4 Å². The smallest absolute Gasteiger partial charge is 0.345 e. The Morgan fingerprint density at radius 1 is 1.18 bits per heavy atom. The van der Waals surface area contributed by atoms with Gasteiger partial charge in [0.05, 0.1) is 5.52 Å². The number of thiophene rings is 1. The van der Waals surface area contributed by atoms with Crippen molar-refractivity contribution in [3.05, 3.63) is 104 Å². The molecular weight excluding hydrogens is 498 g/mol. The third-order valence-corrected chi connectivity index (χ3v) is 8.30. The van der Waals surface area contributed by atoms with Gasteiger partial charge < -0.3 is 14.6 Å². The van der Waals surface area contributed by atoms with E-state index in [9.17, 15) is 18.3 Å². The van der Waals surface area contributed by atoms with Crippen molar-refractivity contribution in [1.29, 1.82) is 0 Å². The van der Waals surface area contributed by atoms with Gasteiger partial charge in [0.1, 0.15) is 17.4 Å². The predicted octanol–water partition coefficient (Wildman–Crippen LogP) is 5.79. The number of hydrogen-bond acceptors (Lipinski definition) is 6. The highest BCUT2D eigenvalue weighted by Crippen LogP contribution is 2.33. The fourth-order valence-electron chi connectivity index (χ4n) is 3.85. The van der Waals surface area contributed by atoms with Gasteiger partial charge in [0.15, 0.2) is 5.76 Å². The number of carboxylic acids is 1. The molecule has 0 radical (unpaired) electrons. The zero-order valence-corrected chi connectivity index (χ0v) is 20.0. The molecule has 10 heteroatoms. The van der Waals surface area contributed by atoms with Crippen molar-refractivity contribution >= 4 is 49.8 Å². The van der Waals surface area contributed by atoms with Gasteiger partial charge >= 0.3 is 16.0 Å². The van der Waals surface area contributed by atoms with Crippen molar-refractivity contribution in [1.82, 2.24) is 3.97 Å². The molecule has 5 rings (SSSR count). The quantitative estimate of drug-likeness (QED) is 0.446. The van der Waals surface area contributed by atoms with Crippen LogP contribution in [0.5, 0.6) is 0 Å². The van der Waals surface area contributed by atoms with Gasteiger partial charge in [0.25, 0.3) is 5.09 Å². The number of rotatable bonds is 6. The monoisotopic (exact) mass is 515 g/mol. The fraction of sp³-hybridized carbons (Fsp3) is 0.125. The lowest BCUT2D eigenvalue weighted by Gasteiger charge is -2.20. The summed E-state index contributed by atoms with van der Waals surface area (Å²) in [4.78, 5) is 12.2. The Morgan fingerprint density at radius 2 is 2.03 bits per heavy atom. The molecule has 0 saturated carbocycles. The molecule has 3 aromatic rings. The molecule has 0 fully saturated rings. The Balaban J connectivity index is 1.56. The SMILES string of the molecule is O=C(O)c1ccc(Cc2cc3cc(Cl)ccc3n2S(=O)(=O)C2=COC=C(C3=CC=CCC3)O2)s1. The van der Waals surface area contributed by atoms with E-state index >= 15 is 0 Å². The van der Waals surface area contributed by atoms with Gasteiger partial charge in [0.2, 0.25) is 0 Å². The van der Waals surface area contributed by atoms with Crippen LogP contribution in [0.1, 0.15) is 33.1 Å². The zero-order chi connectivity index (χ0) is 23.9. The maximum atomic E-state index is 13.8. The summed E-state index contributed by atoms with van der Waals surface area (Å²) >= 11 is 7.25. The summed E-state index contributed by atoms with van der Waals surface area (Å²) in [5.41, 5.74) is 1.71. The van der Waals surface area contributed by atoms with Crippen LogP contribution in [-0.4, -0.2) is 23.5 Å². The normalized spacial score (nSPS) is 15.9. The van der Waals surface area contributed by atoms with Gasteiger partial charge in [-0.15, -0.1) is 11.3 Å². The number of fused-ring (bicyclic) bond motifs is 1. The Kier molecular flexibility index (Phi) is 5.85. The van der Waals surface area contributed by atoms with Crippen LogP contribution < -0.4 is 0 Å². The van der Waals surface area contributed by atoms with Crippen LogP contribution in [0, 0.1) is 0 Å². The first-order valence-electron chi connectivity index (χ1n) is 10.3. The van der Waals surface area contributed by atoms with Crippen LogP contribution in [0.3, 0.4) is 0 Å². The van der Waals surface area contributed by atoms with E-state index in [1.54, 1.807) is 30.3 Å². The van der Waals surface area contributed by atoms with E-state index < -0.39 is 16.0 Å². The third kappa shape index (κ3) is 4.18. The van der Waals surface area contributed by atoms with E-state index in [2.05, 4.69) is 0 Å². The minimum atomic E-state index is -4.20. The Hall–Kier alpha value is -3.27. The first-order valence-corrected chi connectivity index (χ1v) is 12.9. The van der Waals surface area contributed by atoms with Crippen molar-refractivity contribution in [2.75, 3.05) is 0 Å². The Morgan fingerprint density at radius 3 is 2.76 bits per heavy atom. The number of carboxylic acid groups (broad SMARTS) is 1. The standard InChI is InChI=1S/C24H18ClNO6S2/c25-17-6-8-20-16(10-17)11-18(12-19-7-9-22(33-19)24(27)28)26(20)34(29,30)23-14-31-13-21(32-23)15-4-2-1-3-5-15/h1-2,4,6-11,13-14H,3,5,12H2,(H,27,28). The molecule has 34 heavy (non-hydrogen) atoms. The van der Waals surface area contributed by atoms with E-state index in [0.717, 1.165) is 29.6 Å². The summed E-state index contributed by atoms with van der Waals surface area (Å²) in [5.74, 6) is -0.684. The van der Waals surface area contributed by atoms with Crippen molar-refractivity contribution in [3.63, 3.8) is 0 Å². The Bertz CT molecular complexity index is 1540. The summed E-state index contributed by atoms with van der Waals surface area (Å²) in [6, 6.07) is 9.84. The first kappa shape index (κ1) is 22.5. The highest BCUT2D eigenvalue weighted by atomic mass is 35.5. The highest BCUT2D eigenvalue weighted by molar-refractivity contribution is 7.93. The van der Waals surface area contributed by atoms with Crippen LogP contribution in [0.15, 0.2) is 83.6 Å². The van der Waals surface area contributed by atoms with Crippen molar-refractivity contribution in [2.45, 2.75) is 19.3 Å². The second-order valence-electron chi connectivity index (χ2n) is 7.67. The largest absolute Gasteiger partial charge is 0.477 e. The molecular formula is C24H18ClNO6S2. The topological polar surface area (TPSA) is 94.8 Å². The molecule has 0 bridgehead atoms. The molecule has 1 aromatic carbocycles. The third-order valence-electron chi connectivity index (χ3n) is 5.39. The minimum Gasteiger partial charge on any atom is -0.477 e. The van der Waals surface area contributed by atoms with Crippen LogP contribution in [0.4, 0.5) is 0 Å². The van der Waals surface area contributed by atoms with Crippen molar-refractivity contribution in [2.24, 2.45) is 0 Å². The number of carbonyl (C=O) groups is 1. The summed E-state index contributed by atoms with van der Waals surface area (Å²) in [6.45, 7) is 0. The van der Waals surface area contributed by atoms with Gasteiger partial charge in [-0.3, -0.25) is 0 Å². The summed E-state index contributed by atoms with van der Waals surface area (Å²) < 4.78 is 40.0. The van der Waals surface area contributed by atoms with E-state index in [4.69, 9.17) is 21.1 Å². The molecule has 2 aromatic heterocycles. The van der Waals surface area contributed by atoms with Crippen LogP contribution >= 0.6 is 22.9 Å². The molecule has 3 heterocycles. The maximum absolute atomic E-state index is 13.8. The fourth-order valence-corrected chi connectivity index (χ4v) is 6.30. The zero-order valence-electron chi connectivity index (χ0n) is 17.6. The lowest BCUT2D eigenvalue weighted by Crippen LogP contribution is -2.21. The number of ether oxygens (including phenoxy) is 2. The molecule has 1 N–H and O–H groups in total. The number of allylic oxidation sites excluding steroid dienone is 4. The van der Waals surface area contributed by atoms with Crippen molar-refractivity contribution in [3.8, 4) is 0 Å². The lowest BCUT2D eigenvalue weighted by atomic mass is 10.0. The van der Waals surface area contributed by atoms with Crippen LogP contribution in [-0.2, 0) is 25.9 Å². The predicted molar refractivity (Wildman–Crippen MR) is 130 cm³/mol. The van der Waals surface area contributed by atoms with E-state index in [-0.39, 0.29) is 16.4 Å². The molecule has 1 aliphatic carbocycles. The number of halogens is 1. The molecule has 0 spiro atoms. The number of benzene rings is 1. The first-order chi connectivity index (χ1) is 16.3. The number of aromatic nitrogens is 1. The molecule has 0 atom stereocenters. The van der Waals surface area contributed by atoms with E-state index in [1.165, 1.54) is 16.3 Å². The number of aromatic carboxylic acids is 1. The van der Waals surface area contributed by atoms with Gasteiger partial charge in [-0.25, -0.2) is 8.77 Å². The van der Waals surface area contributed by atoms with Gasteiger partial charge in [-0.1, -0.05) is 29.8 Å². The lowest BCUT2D eigenvalue weighted by molar-refractivity contribution is 0.0702. The van der Waals surface area contributed by atoms with Crippen LogP contribution in [0.2, 0.25) is 5.02 Å². The van der Waals surface area contributed by atoms with Gasteiger partial charge in [-0.05, 0) is 54.8 Å². The Labute approximate surface area is 204 Å². The highest BCUT2D eigenvalue weighted by Gasteiger charge is 2.31. The van der Waals surface area contributed by atoms with Crippen molar-refractivity contribution < 1.29 is 27.8 Å². The average molecular weight is 516 g/mol. The average Bonchev–Trinajstić information content (AvgIpc) is 3.44. The second kappa shape index (κ2) is 8.83. The number of nitrogens with zero attached hydrogens (tertiary/aromatic N) is 1. The molecule has 0 saturated heterocycles. The molecule has 7 nitrogen and oxygen atoms in total. The number of hydrogen-bond donors (Lipinski definition) is 1.